The second kappa shape index (κ2) is 11.9. The van der Waals surface area contributed by atoms with Crippen molar-refractivity contribution < 1.29 is 14.3 Å². The van der Waals surface area contributed by atoms with Crippen LogP contribution in [0.4, 0.5) is 11.4 Å². The maximum Gasteiger partial charge on any atom is 0.238 e. The number of ether oxygens (including phenoxy) is 1. The normalized spacial score (nSPS) is 10.1. The van der Waals surface area contributed by atoms with Crippen LogP contribution < -0.4 is 16.0 Å². The number of rotatable bonds is 9. The third-order valence-electron chi connectivity index (χ3n) is 2.81. The van der Waals surface area contributed by atoms with Gasteiger partial charge in [-0.15, -0.1) is 12.4 Å². The lowest BCUT2D eigenvalue weighted by molar-refractivity contribution is -0.117. The Kier molecular flexibility index (Phi) is 11.0. The van der Waals surface area contributed by atoms with Crippen molar-refractivity contribution in [3.63, 3.8) is 0 Å². The summed E-state index contributed by atoms with van der Waals surface area (Å²) >= 11 is 0. The highest BCUT2D eigenvalue weighted by molar-refractivity contribution is 5.93. The predicted octanol–water partition coefficient (Wildman–Crippen LogP) is 2.27. The van der Waals surface area contributed by atoms with Crippen LogP contribution in [0.1, 0.15) is 20.3 Å². The van der Waals surface area contributed by atoms with Crippen molar-refractivity contribution in [1.29, 1.82) is 0 Å². The smallest absolute Gasteiger partial charge is 0.238 e. The molecule has 130 valence electrons. The van der Waals surface area contributed by atoms with Crippen LogP contribution in [0.2, 0.25) is 0 Å². The topological polar surface area (TPSA) is 79.5 Å². The number of hydrogen-bond acceptors (Lipinski definition) is 4. The maximum absolute atomic E-state index is 11.7. The molecule has 1 aromatic carbocycles. The molecule has 0 spiro atoms. The summed E-state index contributed by atoms with van der Waals surface area (Å²) in [6.45, 7) is 5.43. The molecule has 0 saturated carbocycles. The summed E-state index contributed by atoms with van der Waals surface area (Å²) in [4.78, 5) is 23.3. The first kappa shape index (κ1) is 21.4. The SMILES string of the molecule is COCCNCC(=O)Nc1ccc(NC(=O)CC(C)C)cc1.Cl. The Labute approximate surface area is 143 Å². The van der Waals surface area contributed by atoms with Gasteiger partial charge in [-0.1, -0.05) is 13.8 Å². The van der Waals surface area contributed by atoms with E-state index in [2.05, 4.69) is 16.0 Å². The molecule has 0 bridgehead atoms. The van der Waals surface area contributed by atoms with E-state index in [1.807, 2.05) is 13.8 Å². The highest BCUT2D eigenvalue weighted by Gasteiger charge is 2.06. The first-order chi connectivity index (χ1) is 10.5. The van der Waals surface area contributed by atoms with Gasteiger partial charge in [0.25, 0.3) is 0 Å². The molecule has 2 amide bonds. The van der Waals surface area contributed by atoms with E-state index in [-0.39, 0.29) is 30.8 Å². The van der Waals surface area contributed by atoms with Crippen LogP contribution in [0, 0.1) is 5.92 Å². The number of methoxy groups -OCH3 is 1. The van der Waals surface area contributed by atoms with E-state index in [1.54, 1.807) is 31.4 Å². The van der Waals surface area contributed by atoms with Crippen LogP contribution in [-0.4, -0.2) is 38.6 Å². The lowest BCUT2D eigenvalue weighted by atomic mass is 10.1. The van der Waals surface area contributed by atoms with Crippen LogP contribution in [-0.2, 0) is 14.3 Å². The van der Waals surface area contributed by atoms with Gasteiger partial charge in [-0.3, -0.25) is 9.59 Å². The molecule has 1 aromatic rings. The molecule has 0 fully saturated rings. The van der Waals surface area contributed by atoms with Gasteiger partial charge in [0.1, 0.15) is 0 Å². The maximum atomic E-state index is 11.7. The highest BCUT2D eigenvalue weighted by atomic mass is 35.5. The van der Waals surface area contributed by atoms with E-state index in [0.717, 1.165) is 5.69 Å². The van der Waals surface area contributed by atoms with Crippen molar-refractivity contribution in [2.75, 3.05) is 37.4 Å². The largest absolute Gasteiger partial charge is 0.383 e. The fourth-order valence-electron chi connectivity index (χ4n) is 1.80. The van der Waals surface area contributed by atoms with Crippen molar-refractivity contribution >= 4 is 35.6 Å². The van der Waals surface area contributed by atoms with Crippen LogP contribution in [0.25, 0.3) is 0 Å². The molecule has 0 radical (unpaired) electrons. The minimum atomic E-state index is -0.118. The number of amides is 2. The zero-order valence-electron chi connectivity index (χ0n) is 13.8. The monoisotopic (exact) mass is 343 g/mol. The Balaban J connectivity index is 0.00000484. The van der Waals surface area contributed by atoms with Gasteiger partial charge in [0.15, 0.2) is 0 Å². The molecule has 23 heavy (non-hydrogen) atoms. The molecule has 7 heteroatoms. The Morgan fingerprint density at radius 2 is 1.57 bits per heavy atom. The average molecular weight is 344 g/mol. The third kappa shape index (κ3) is 9.89. The fraction of sp³-hybridized carbons (Fsp3) is 0.500. The van der Waals surface area contributed by atoms with Gasteiger partial charge in [0.2, 0.25) is 11.8 Å². The van der Waals surface area contributed by atoms with Gasteiger partial charge in [-0.05, 0) is 30.2 Å². The molecular formula is C16H26ClN3O3. The van der Waals surface area contributed by atoms with Crippen molar-refractivity contribution in [3.05, 3.63) is 24.3 Å². The molecule has 0 heterocycles. The zero-order valence-corrected chi connectivity index (χ0v) is 14.7. The minimum Gasteiger partial charge on any atom is -0.383 e. The summed E-state index contributed by atoms with van der Waals surface area (Å²) in [7, 11) is 1.61. The van der Waals surface area contributed by atoms with Gasteiger partial charge in [0, 0.05) is 31.5 Å². The lowest BCUT2D eigenvalue weighted by Gasteiger charge is -2.09. The molecule has 1 rings (SSSR count). The second-order valence-electron chi connectivity index (χ2n) is 5.44. The van der Waals surface area contributed by atoms with Crippen LogP contribution in [0.5, 0.6) is 0 Å². The van der Waals surface area contributed by atoms with Crippen molar-refractivity contribution in [2.24, 2.45) is 5.92 Å². The molecule has 3 N–H and O–H groups in total. The van der Waals surface area contributed by atoms with Crippen LogP contribution in [0.3, 0.4) is 0 Å². The number of carbonyl (C=O) groups excluding carboxylic acids is 2. The predicted molar refractivity (Wildman–Crippen MR) is 95.2 cm³/mol. The molecule has 0 atom stereocenters. The van der Waals surface area contributed by atoms with Crippen LogP contribution in [0.15, 0.2) is 24.3 Å². The van der Waals surface area contributed by atoms with Gasteiger partial charge < -0.3 is 20.7 Å². The first-order valence-electron chi connectivity index (χ1n) is 7.40. The van der Waals surface area contributed by atoms with E-state index in [4.69, 9.17) is 4.74 Å². The van der Waals surface area contributed by atoms with Gasteiger partial charge >= 0.3 is 0 Å². The summed E-state index contributed by atoms with van der Waals surface area (Å²) in [6, 6.07) is 7.06. The Morgan fingerprint density at radius 3 is 2.04 bits per heavy atom. The number of halogens is 1. The number of hydrogen-bond donors (Lipinski definition) is 3. The van der Waals surface area contributed by atoms with Crippen molar-refractivity contribution in [3.8, 4) is 0 Å². The molecule has 0 saturated heterocycles. The minimum absolute atomic E-state index is 0. The second-order valence-corrected chi connectivity index (χ2v) is 5.44. The number of anilines is 2. The molecule has 0 aliphatic carbocycles. The molecular weight excluding hydrogens is 318 g/mol. The average Bonchev–Trinajstić information content (AvgIpc) is 2.45. The number of nitrogens with one attached hydrogen (secondary N) is 3. The van der Waals surface area contributed by atoms with E-state index in [0.29, 0.717) is 31.2 Å². The number of benzene rings is 1. The van der Waals surface area contributed by atoms with Crippen LogP contribution >= 0.6 is 12.4 Å². The van der Waals surface area contributed by atoms with Crippen molar-refractivity contribution in [1.82, 2.24) is 5.32 Å². The summed E-state index contributed by atoms with van der Waals surface area (Å²) < 4.78 is 4.88. The summed E-state index contributed by atoms with van der Waals surface area (Å²) in [5.74, 6) is 0.200. The van der Waals surface area contributed by atoms with Gasteiger partial charge in [-0.2, -0.15) is 0 Å². The lowest BCUT2D eigenvalue weighted by Crippen LogP contribution is -2.30. The summed E-state index contributed by atoms with van der Waals surface area (Å²) in [6.07, 6.45) is 0.492. The van der Waals surface area contributed by atoms with Gasteiger partial charge in [-0.25, -0.2) is 0 Å². The van der Waals surface area contributed by atoms with Crippen molar-refractivity contribution in [2.45, 2.75) is 20.3 Å². The molecule has 6 nitrogen and oxygen atoms in total. The Morgan fingerprint density at radius 1 is 1.04 bits per heavy atom. The van der Waals surface area contributed by atoms with E-state index in [9.17, 15) is 9.59 Å². The van der Waals surface area contributed by atoms with Gasteiger partial charge in [0.05, 0.1) is 13.2 Å². The first-order valence-corrected chi connectivity index (χ1v) is 7.40. The zero-order chi connectivity index (χ0) is 16.4. The van der Waals surface area contributed by atoms with E-state index >= 15 is 0 Å². The Bertz CT molecular complexity index is 478. The summed E-state index contributed by atoms with van der Waals surface area (Å²) in [5, 5.41) is 8.57. The van der Waals surface area contributed by atoms with E-state index in [1.165, 1.54) is 0 Å². The number of carbonyl (C=O) groups is 2. The fourth-order valence-corrected chi connectivity index (χ4v) is 1.80. The molecule has 0 aliphatic heterocycles. The van der Waals surface area contributed by atoms with E-state index < -0.39 is 0 Å². The Hall–Kier alpha value is -1.63. The quantitative estimate of drug-likeness (QED) is 0.601. The summed E-state index contributed by atoms with van der Waals surface area (Å²) in [5.41, 5.74) is 1.42. The molecule has 0 unspecified atom stereocenters. The highest BCUT2D eigenvalue weighted by Crippen LogP contribution is 2.14. The standard InChI is InChI=1S/C16H25N3O3.ClH/c1-12(2)10-15(20)18-13-4-6-14(7-5-13)19-16(21)11-17-8-9-22-3;/h4-7,12,17H,8-11H2,1-3H3,(H,18,20)(H,19,21);1H. The molecule has 0 aliphatic rings. The third-order valence-corrected chi connectivity index (χ3v) is 2.81. The molecule has 0 aromatic heterocycles.